The number of nitrogens with zero attached hydrogens (tertiary/aromatic N) is 2. The van der Waals surface area contributed by atoms with Gasteiger partial charge in [0.1, 0.15) is 5.60 Å². The van der Waals surface area contributed by atoms with Crippen LogP contribution in [0.1, 0.15) is 46.5 Å². The number of nitrogens with one attached hydrogen (secondary N) is 1. The number of piperidine rings is 1. The van der Waals surface area contributed by atoms with E-state index in [4.69, 9.17) is 9.47 Å². The Morgan fingerprint density at radius 2 is 2.15 bits per heavy atom. The number of carbonyl (C=O) groups is 1. The van der Waals surface area contributed by atoms with E-state index in [1.807, 2.05) is 49.9 Å². The molecule has 0 unspecified atom stereocenters. The van der Waals surface area contributed by atoms with Crippen molar-refractivity contribution in [2.45, 2.75) is 52.1 Å². The van der Waals surface area contributed by atoms with Gasteiger partial charge in [0.25, 0.3) is 6.01 Å². The Morgan fingerprint density at radius 1 is 1.35 bits per heavy atom. The first-order valence-corrected chi connectivity index (χ1v) is 9.46. The van der Waals surface area contributed by atoms with Crippen LogP contribution in [0.3, 0.4) is 0 Å². The summed E-state index contributed by atoms with van der Waals surface area (Å²) in [6.07, 6.45) is 3.99. The zero-order valence-electron chi connectivity index (χ0n) is 16.0. The van der Waals surface area contributed by atoms with Crippen molar-refractivity contribution < 1.29 is 14.3 Å². The molecule has 1 amide bonds. The van der Waals surface area contributed by atoms with E-state index < -0.39 is 5.60 Å². The summed E-state index contributed by atoms with van der Waals surface area (Å²) in [5, 5.41) is 0. The molecule has 1 aliphatic rings. The molecule has 1 aromatic carbocycles. The maximum absolute atomic E-state index is 12.2. The van der Waals surface area contributed by atoms with E-state index in [1.165, 1.54) is 0 Å². The van der Waals surface area contributed by atoms with Crippen molar-refractivity contribution in [3.63, 3.8) is 0 Å². The van der Waals surface area contributed by atoms with Crippen LogP contribution in [0.15, 0.2) is 24.3 Å². The summed E-state index contributed by atoms with van der Waals surface area (Å²) in [7, 11) is 0. The van der Waals surface area contributed by atoms with Gasteiger partial charge in [0, 0.05) is 13.1 Å². The van der Waals surface area contributed by atoms with Gasteiger partial charge in [0.2, 0.25) is 0 Å². The Balaban J connectivity index is 1.41. The lowest BCUT2D eigenvalue weighted by Gasteiger charge is -2.34. The number of fused-ring (bicyclic) bond motifs is 1. The molecular formula is C20H29N3O3. The van der Waals surface area contributed by atoms with Crippen molar-refractivity contribution >= 4 is 17.1 Å². The minimum absolute atomic E-state index is 0.194. The van der Waals surface area contributed by atoms with E-state index in [9.17, 15) is 4.79 Å². The lowest BCUT2D eigenvalue weighted by molar-refractivity contribution is 0.0159. The lowest BCUT2D eigenvalue weighted by atomic mass is 9.94. The number of amides is 1. The van der Waals surface area contributed by atoms with Crippen LogP contribution in [-0.2, 0) is 4.74 Å². The number of hydrogen-bond acceptors (Lipinski definition) is 4. The molecule has 1 saturated heterocycles. The van der Waals surface area contributed by atoms with E-state index in [0.717, 1.165) is 49.8 Å². The number of aromatic amines is 1. The topological polar surface area (TPSA) is 67.4 Å². The van der Waals surface area contributed by atoms with Gasteiger partial charge in [-0.15, -0.1) is 0 Å². The summed E-state index contributed by atoms with van der Waals surface area (Å²) in [6, 6.07) is 8.47. The predicted octanol–water partition coefficient (Wildman–Crippen LogP) is 4.37. The van der Waals surface area contributed by atoms with Crippen LogP contribution in [0, 0.1) is 5.92 Å². The second-order valence-corrected chi connectivity index (χ2v) is 7.98. The molecule has 0 bridgehead atoms. The molecule has 1 aromatic heterocycles. The molecule has 0 radical (unpaired) electrons. The molecule has 1 atom stereocenters. The molecule has 2 heterocycles. The van der Waals surface area contributed by atoms with Crippen LogP contribution in [-0.4, -0.2) is 46.3 Å². The van der Waals surface area contributed by atoms with Gasteiger partial charge in [-0.25, -0.2) is 4.79 Å². The van der Waals surface area contributed by atoms with E-state index >= 15 is 0 Å². The zero-order valence-corrected chi connectivity index (χ0v) is 16.0. The molecule has 6 nitrogen and oxygen atoms in total. The maximum atomic E-state index is 12.2. The van der Waals surface area contributed by atoms with Crippen LogP contribution in [0.25, 0.3) is 11.0 Å². The fourth-order valence-electron chi connectivity index (χ4n) is 3.33. The highest BCUT2D eigenvalue weighted by molar-refractivity contribution is 5.75. The highest BCUT2D eigenvalue weighted by atomic mass is 16.6. The molecule has 3 rings (SSSR count). The number of aromatic nitrogens is 2. The SMILES string of the molecule is CC(C)(C)OC(=O)N1CCC[C@@H](CCCOc2nc3ccccc3[nH]2)C1. The fraction of sp³-hybridized carbons (Fsp3) is 0.600. The van der Waals surface area contributed by atoms with Crippen molar-refractivity contribution in [1.29, 1.82) is 0 Å². The molecule has 1 fully saturated rings. The van der Waals surface area contributed by atoms with Crippen molar-refractivity contribution in [3.05, 3.63) is 24.3 Å². The summed E-state index contributed by atoms with van der Waals surface area (Å²) in [5.74, 6) is 0.510. The molecule has 0 spiro atoms. The fourth-order valence-corrected chi connectivity index (χ4v) is 3.33. The third kappa shape index (κ3) is 5.13. The number of carbonyl (C=O) groups excluding carboxylic acids is 1. The van der Waals surface area contributed by atoms with Gasteiger partial charge >= 0.3 is 6.09 Å². The van der Waals surface area contributed by atoms with E-state index in [1.54, 1.807) is 0 Å². The number of hydrogen-bond donors (Lipinski definition) is 1. The molecule has 1 N–H and O–H groups in total. The van der Waals surface area contributed by atoms with Crippen LogP contribution in [0.2, 0.25) is 0 Å². The van der Waals surface area contributed by atoms with Gasteiger partial charge in [-0.1, -0.05) is 12.1 Å². The number of likely N-dealkylation sites (tertiary alicyclic amines) is 1. The molecule has 2 aromatic rings. The van der Waals surface area contributed by atoms with Gasteiger partial charge in [-0.05, 0) is 64.5 Å². The van der Waals surface area contributed by atoms with Crippen molar-refractivity contribution in [1.82, 2.24) is 14.9 Å². The van der Waals surface area contributed by atoms with E-state index in [2.05, 4.69) is 9.97 Å². The van der Waals surface area contributed by atoms with Gasteiger partial charge < -0.3 is 19.4 Å². The van der Waals surface area contributed by atoms with Crippen LogP contribution in [0.5, 0.6) is 6.01 Å². The molecule has 0 saturated carbocycles. The summed E-state index contributed by atoms with van der Waals surface area (Å²) < 4.78 is 11.2. The predicted molar refractivity (Wildman–Crippen MR) is 101 cm³/mol. The second-order valence-electron chi connectivity index (χ2n) is 7.98. The molecule has 26 heavy (non-hydrogen) atoms. The number of benzene rings is 1. The summed E-state index contributed by atoms with van der Waals surface area (Å²) in [6.45, 7) is 7.91. The highest BCUT2D eigenvalue weighted by Gasteiger charge is 2.27. The Hall–Kier alpha value is -2.24. The third-order valence-electron chi connectivity index (χ3n) is 4.53. The summed E-state index contributed by atoms with van der Waals surface area (Å²) in [4.78, 5) is 21.7. The molecule has 6 heteroatoms. The van der Waals surface area contributed by atoms with Crippen molar-refractivity contribution in [3.8, 4) is 6.01 Å². The number of rotatable bonds is 5. The van der Waals surface area contributed by atoms with Gasteiger partial charge in [0.05, 0.1) is 17.6 Å². The monoisotopic (exact) mass is 359 g/mol. The van der Waals surface area contributed by atoms with Crippen LogP contribution >= 0.6 is 0 Å². The average molecular weight is 359 g/mol. The third-order valence-corrected chi connectivity index (χ3v) is 4.53. The first-order chi connectivity index (χ1) is 12.4. The molecule has 1 aliphatic heterocycles. The first kappa shape index (κ1) is 18.5. The standard InChI is InChI=1S/C20H29N3O3/c1-20(2,3)26-19(24)23-12-6-8-15(14-23)9-7-13-25-18-21-16-10-4-5-11-17(16)22-18/h4-5,10-11,15H,6-9,12-14H2,1-3H3,(H,21,22)/t15-/m0/s1. The summed E-state index contributed by atoms with van der Waals surface area (Å²) >= 11 is 0. The van der Waals surface area contributed by atoms with Crippen LogP contribution in [0.4, 0.5) is 4.79 Å². The first-order valence-electron chi connectivity index (χ1n) is 9.46. The number of imidazole rings is 1. The van der Waals surface area contributed by atoms with Crippen LogP contribution < -0.4 is 4.74 Å². The maximum Gasteiger partial charge on any atom is 0.410 e. The highest BCUT2D eigenvalue weighted by Crippen LogP contribution is 2.23. The van der Waals surface area contributed by atoms with Crippen molar-refractivity contribution in [2.75, 3.05) is 19.7 Å². The van der Waals surface area contributed by atoms with Gasteiger partial charge in [0.15, 0.2) is 0 Å². The Bertz CT molecular complexity index is 702. The normalized spacial score (nSPS) is 18.1. The minimum atomic E-state index is -0.440. The average Bonchev–Trinajstić information content (AvgIpc) is 3.00. The smallest absolute Gasteiger partial charge is 0.410 e. The Labute approximate surface area is 154 Å². The largest absolute Gasteiger partial charge is 0.465 e. The van der Waals surface area contributed by atoms with Crippen molar-refractivity contribution in [2.24, 2.45) is 5.92 Å². The minimum Gasteiger partial charge on any atom is -0.465 e. The molecular weight excluding hydrogens is 330 g/mol. The zero-order chi connectivity index (χ0) is 18.6. The molecule has 0 aliphatic carbocycles. The number of H-pyrrole nitrogens is 1. The Morgan fingerprint density at radius 3 is 2.92 bits per heavy atom. The van der Waals surface area contributed by atoms with E-state index in [-0.39, 0.29) is 6.09 Å². The second kappa shape index (κ2) is 7.98. The van der Waals surface area contributed by atoms with Gasteiger partial charge in [-0.3, -0.25) is 0 Å². The molecule has 142 valence electrons. The summed E-state index contributed by atoms with van der Waals surface area (Å²) in [5.41, 5.74) is 1.47. The number of ether oxygens (including phenoxy) is 2. The number of para-hydroxylation sites is 2. The van der Waals surface area contributed by atoms with E-state index in [0.29, 0.717) is 18.5 Å². The Kier molecular flexibility index (Phi) is 5.69. The van der Waals surface area contributed by atoms with Gasteiger partial charge in [-0.2, -0.15) is 4.98 Å². The quantitative estimate of drug-likeness (QED) is 0.805. The lowest BCUT2D eigenvalue weighted by Crippen LogP contribution is -2.42.